The van der Waals surface area contributed by atoms with E-state index in [2.05, 4.69) is 9.72 Å². The molecule has 0 unspecified atom stereocenters. The average molecular weight is 453 g/mol. The zero-order chi connectivity index (χ0) is 23.7. The fraction of sp³-hybridized carbons (Fsp3) is 0.190. The van der Waals surface area contributed by atoms with Crippen LogP contribution in [0.25, 0.3) is 17.1 Å². The minimum atomic E-state index is -4.97. The van der Waals surface area contributed by atoms with Gasteiger partial charge in [-0.25, -0.2) is 9.78 Å². The molecule has 0 bridgehead atoms. The molecule has 0 saturated carbocycles. The Morgan fingerprint density at radius 1 is 1.16 bits per heavy atom. The molecule has 2 aromatic heterocycles. The summed E-state index contributed by atoms with van der Waals surface area (Å²) < 4.78 is 84.8. The molecule has 2 heterocycles. The fourth-order valence-corrected chi connectivity index (χ4v) is 3.09. The van der Waals surface area contributed by atoms with Gasteiger partial charge in [0.1, 0.15) is 17.3 Å². The van der Waals surface area contributed by atoms with Crippen molar-refractivity contribution in [3.63, 3.8) is 0 Å². The van der Waals surface area contributed by atoms with Crippen LogP contribution in [0.1, 0.15) is 22.3 Å². The van der Waals surface area contributed by atoms with E-state index in [-0.39, 0.29) is 29.4 Å². The number of fused-ring (bicyclic) bond motifs is 1. The predicted molar refractivity (Wildman–Crippen MR) is 101 cm³/mol. The highest BCUT2D eigenvalue weighted by atomic mass is 19.4. The second-order valence-corrected chi connectivity index (χ2v) is 6.66. The third kappa shape index (κ3) is 4.74. The third-order valence-corrected chi connectivity index (χ3v) is 4.49. The molecule has 0 aliphatic heterocycles. The molecule has 3 aromatic rings. The van der Waals surface area contributed by atoms with Gasteiger partial charge in [-0.05, 0) is 42.0 Å². The van der Waals surface area contributed by atoms with E-state index in [1.54, 1.807) is 18.2 Å². The molecule has 0 aliphatic carbocycles. The van der Waals surface area contributed by atoms with E-state index in [0.29, 0.717) is 23.1 Å². The van der Waals surface area contributed by atoms with Crippen LogP contribution in [-0.2, 0) is 28.4 Å². The topological polar surface area (TPSA) is 67.9 Å². The van der Waals surface area contributed by atoms with Crippen molar-refractivity contribution < 1.29 is 35.9 Å². The predicted octanol–water partition coefficient (Wildman–Crippen LogP) is 5.20. The monoisotopic (exact) mass is 453 g/mol. The highest BCUT2D eigenvalue weighted by Crippen LogP contribution is 2.36. The van der Waals surface area contributed by atoms with Gasteiger partial charge in [0.2, 0.25) is 0 Å². The summed E-state index contributed by atoms with van der Waals surface area (Å²) in [5.41, 5.74) is -2.88. The Labute approximate surface area is 177 Å². The number of alkyl halides is 6. The van der Waals surface area contributed by atoms with E-state index in [1.807, 2.05) is 0 Å². The second kappa shape index (κ2) is 8.37. The van der Waals surface area contributed by atoms with Crippen LogP contribution in [0.15, 0.2) is 48.3 Å². The minimum absolute atomic E-state index is 0.0548. The molecule has 0 saturated heterocycles. The SMILES string of the molecule is COC(=O)/C(C#N)=C/c1cn(Cc2cc(C(F)(F)F)cc(C(F)(F)F)c2)c2ncccc12. The Bertz CT molecular complexity index is 1220. The van der Waals surface area contributed by atoms with Crippen LogP contribution in [-0.4, -0.2) is 22.6 Å². The van der Waals surface area contributed by atoms with Crippen molar-refractivity contribution in [3.05, 3.63) is 70.6 Å². The number of nitriles is 1. The lowest BCUT2D eigenvalue weighted by atomic mass is 10.0. The summed E-state index contributed by atoms with van der Waals surface area (Å²) in [6, 6.07) is 6.15. The van der Waals surface area contributed by atoms with E-state index in [1.165, 1.54) is 23.0 Å². The standard InChI is InChI=1S/C21H13F6N3O2/c1-32-19(31)13(9-28)7-14-11-30(18-17(14)3-2-4-29-18)10-12-5-15(20(22,23)24)8-16(6-12)21(25,26)27/h2-8,11H,10H2,1H3/b13-7+. The van der Waals surface area contributed by atoms with Crippen LogP contribution in [0, 0.1) is 11.3 Å². The van der Waals surface area contributed by atoms with Gasteiger partial charge in [-0.3, -0.25) is 0 Å². The third-order valence-electron chi connectivity index (χ3n) is 4.49. The quantitative estimate of drug-likeness (QED) is 0.236. The van der Waals surface area contributed by atoms with Crippen LogP contribution in [0.4, 0.5) is 26.3 Å². The first kappa shape index (κ1) is 22.9. The van der Waals surface area contributed by atoms with Gasteiger partial charge in [-0.15, -0.1) is 0 Å². The number of methoxy groups -OCH3 is 1. The summed E-state index contributed by atoms with van der Waals surface area (Å²) in [5.74, 6) is -0.898. The van der Waals surface area contributed by atoms with Crippen molar-refractivity contribution >= 4 is 23.1 Å². The van der Waals surface area contributed by atoms with E-state index in [0.717, 1.165) is 7.11 Å². The van der Waals surface area contributed by atoms with Crippen LogP contribution < -0.4 is 0 Å². The molecule has 3 rings (SSSR count). The van der Waals surface area contributed by atoms with Gasteiger partial charge in [-0.1, -0.05) is 0 Å². The average Bonchev–Trinajstić information content (AvgIpc) is 3.07. The molecule has 11 heteroatoms. The summed E-state index contributed by atoms with van der Waals surface area (Å²) in [6.07, 6.45) is -5.96. The van der Waals surface area contributed by atoms with Crippen LogP contribution in [0.3, 0.4) is 0 Å². The summed E-state index contributed by atoms with van der Waals surface area (Å²) in [5, 5.41) is 9.60. The summed E-state index contributed by atoms with van der Waals surface area (Å²) >= 11 is 0. The molecule has 0 amide bonds. The number of nitrogens with zero attached hydrogens (tertiary/aromatic N) is 3. The van der Waals surface area contributed by atoms with Gasteiger partial charge < -0.3 is 9.30 Å². The first-order valence-electron chi connectivity index (χ1n) is 8.86. The lowest BCUT2D eigenvalue weighted by molar-refractivity contribution is -0.143. The zero-order valence-electron chi connectivity index (χ0n) is 16.3. The number of ether oxygens (including phenoxy) is 1. The fourth-order valence-electron chi connectivity index (χ4n) is 3.09. The van der Waals surface area contributed by atoms with Crippen molar-refractivity contribution in [1.82, 2.24) is 9.55 Å². The van der Waals surface area contributed by atoms with E-state index in [4.69, 9.17) is 5.26 Å². The minimum Gasteiger partial charge on any atom is -0.465 e. The molecule has 1 aromatic carbocycles. The number of hydrogen-bond donors (Lipinski definition) is 0. The highest BCUT2D eigenvalue weighted by Gasteiger charge is 2.36. The first-order valence-corrected chi connectivity index (χ1v) is 8.86. The Morgan fingerprint density at radius 3 is 2.31 bits per heavy atom. The largest absolute Gasteiger partial charge is 0.465 e. The lowest BCUT2D eigenvalue weighted by Crippen LogP contribution is -2.12. The van der Waals surface area contributed by atoms with Crippen molar-refractivity contribution in [1.29, 1.82) is 5.26 Å². The lowest BCUT2D eigenvalue weighted by Gasteiger charge is -2.14. The number of carbonyl (C=O) groups is 1. The van der Waals surface area contributed by atoms with Crippen LogP contribution >= 0.6 is 0 Å². The van der Waals surface area contributed by atoms with Crippen LogP contribution in [0.2, 0.25) is 0 Å². The number of halogens is 6. The smallest absolute Gasteiger partial charge is 0.416 e. The highest BCUT2D eigenvalue weighted by molar-refractivity contribution is 6.00. The number of hydrogen-bond acceptors (Lipinski definition) is 4. The molecule has 166 valence electrons. The Kier molecular flexibility index (Phi) is 5.98. The van der Waals surface area contributed by atoms with Gasteiger partial charge in [-0.2, -0.15) is 31.6 Å². The Morgan fingerprint density at radius 2 is 1.78 bits per heavy atom. The number of pyridine rings is 1. The second-order valence-electron chi connectivity index (χ2n) is 6.66. The van der Waals surface area contributed by atoms with Crippen molar-refractivity contribution in [2.24, 2.45) is 0 Å². The maximum absolute atomic E-state index is 13.2. The molecule has 5 nitrogen and oxygen atoms in total. The molecule has 0 fully saturated rings. The number of carbonyl (C=O) groups excluding carboxylic acids is 1. The molecule has 0 N–H and O–H groups in total. The Hall–Kier alpha value is -3.81. The summed E-state index contributed by atoms with van der Waals surface area (Å²) in [6.45, 7) is -0.367. The van der Waals surface area contributed by atoms with Crippen molar-refractivity contribution in [3.8, 4) is 6.07 Å². The van der Waals surface area contributed by atoms with E-state index in [9.17, 15) is 31.1 Å². The molecule has 0 spiro atoms. The molecule has 0 atom stereocenters. The normalized spacial score (nSPS) is 12.6. The van der Waals surface area contributed by atoms with Gasteiger partial charge in [0.25, 0.3) is 0 Å². The molecule has 0 aliphatic rings. The van der Waals surface area contributed by atoms with Gasteiger partial charge in [0, 0.05) is 29.9 Å². The molecule has 32 heavy (non-hydrogen) atoms. The van der Waals surface area contributed by atoms with Crippen molar-refractivity contribution in [2.45, 2.75) is 18.9 Å². The number of aromatic nitrogens is 2. The van der Waals surface area contributed by atoms with Gasteiger partial charge in [0.15, 0.2) is 0 Å². The maximum Gasteiger partial charge on any atom is 0.416 e. The van der Waals surface area contributed by atoms with Crippen molar-refractivity contribution in [2.75, 3.05) is 7.11 Å². The Balaban J connectivity index is 2.14. The molecular weight excluding hydrogens is 440 g/mol. The number of benzene rings is 1. The maximum atomic E-state index is 13.2. The van der Waals surface area contributed by atoms with E-state index < -0.39 is 29.4 Å². The zero-order valence-corrected chi connectivity index (χ0v) is 16.3. The van der Waals surface area contributed by atoms with E-state index >= 15 is 0 Å². The van der Waals surface area contributed by atoms with Gasteiger partial charge in [0.05, 0.1) is 18.2 Å². The molecular formula is C21H13F6N3O2. The number of rotatable bonds is 4. The van der Waals surface area contributed by atoms with Crippen LogP contribution in [0.5, 0.6) is 0 Å². The molecule has 0 radical (unpaired) electrons. The summed E-state index contributed by atoms with van der Waals surface area (Å²) in [4.78, 5) is 15.8. The first-order chi connectivity index (χ1) is 14.9. The summed E-state index contributed by atoms with van der Waals surface area (Å²) in [7, 11) is 1.09. The van der Waals surface area contributed by atoms with Gasteiger partial charge >= 0.3 is 18.3 Å². The number of esters is 1.